The van der Waals surface area contributed by atoms with E-state index in [4.69, 9.17) is 5.73 Å². The fourth-order valence-corrected chi connectivity index (χ4v) is 3.24. The maximum absolute atomic E-state index is 14.0. The molecule has 0 aliphatic carbocycles. The monoisotopic (exact) mass is 352 g/mol. The fourth-order valence-electron chi connectivity index (χ4n) is 3.24. The molecule has 7 heteroatoms. The lowest BCUT2D eigenvalue weighted by atomic mass is 10.1. The van der Waals surface area contributed by atoms with Gasteiger partial charge >= 0.3 is 0 Å². The van der Waals surface area contributed by atoms with E-state index < -0.39 is 0 Å². The predicted molar refractivity (Wildman–Crippen MR) is 93.2 cm³/mol. The number of hydrogen-bond acceptors (Lipinski definition) is 3. The van der Waals surface area contributed by atoms with Gasteiger partial charge in [-0.15, -0.1) is 12.4 Å². The molecule has 24 heavy (non-hydrogen) atoms. The van der Waals surface area contributed by atoms with Gasteiger partial charge in [-0.2, -0.15) is 5.10 Å². The molecular weight excluding hydrogens is 331 g/mol. The van der Waals surface area contributed by atoms with Crippen LogP contribution >= 0.6 is 12.4 Å². The standard InChI is InChI=1S/C17H21FN4O.ClH/c1-11-7-13(8-19)10-21(11)17(23)14-9-20-22(12(14)2)16-6-4-3-5-15(16)18;/h3-6,9,11,13H,7-8,10,19H2,1-2H3;1H. The minimum atomic E-state index is -0.365. The summed E-state index contributed by atoms with van der Waals surface area (Å²) >= 11 is 0. The number of benzene rings is 1. The second kappa shape index (κ2) is 7.32. The van der Waals surface area contributed by atoms with Crippen molar-refractivity contribution in [3.63, 3.8) is 0 Å². The Morgan fingerprint density at radius 3 is 2.75 bits per heavy atom. The summed E-state index contributed by atoms with van der Waals surface area (Å²) in [5, 5.41) is 4.21. The highest BCUT2D eigenvalue weighted by Gasteiger charge is 2.33. The Balaban J connectivity index is 0.00000208. The number of carbonyl (C=O) groups is 1. The second-order valence-electron chi connectivity index (χ2n) is 6.15. The molecule has 3 rings (SSSR count). The zero-order valence-electron chi connectivity index (χ0n) is 13.8. The van der Waals surface area contributed by atoms with E-state index in [0.717, 1.165) is 6.42 Å². The van der Waals surface area contributed by atoms with Gasteiger partial charge in [-0.3, -0.25) is 4.79 Å². The molecule has 0 spiro atoms. The Hall–Kier alpha value is -1.92. The summed E-state index contributed by atoms with van der Waals surface area (Å²) in [6.45, 7) is 5.07. The van der Waals surface area contributed by atoms with Crippen molar-refractivity contribution in [3.8, 4) is 5.69 Å². The predicted octanol–water partition coefficient (Wildman–Crippen LogP) is 2.55. The highest BCUT2D eigenvalue weighted by atomic mass is 35.5. The lowest BCUT2D eigenvalue weighted by Gasteiger charge is -2.21. The number of halogens is 2. The molecule has 1 aromatic heterocycles. The zero-order chi connectivity index (χ0) is 16.6. The van der Waals surface area contributed by atoms with E-state index in [9.17, 15) is 9.18 Å². The number of rotatable bonds is 3. The van der Waals surface area contributed by atoms with Crippen LogP contribution in [0.1, 0.15) is 29.4 Å². The van der Waals surface area contributed by atoms with Crippen LogP contribution in [0.15, 0.2) is 30.5 Å². The molecule has 2 aromatic rings. The van der Waals surface area contributed by atoms with Crippen molar-refractivity contribution in [1.29, 1.82) is 0 Å². The first-order valence-corrected chi connectivity index (χ1v) is 7.83. The SMILES string of the molecule is Cc1c(C(=O)N2CC(CN)CC2C)cnn1-c1ccccc1F.Cl. The van der Waals surface area contributed by atoms with Crippen LogP contribution in [-0.4, -0.2) is 39.7 Å². The Morgan fingerprint density at radius 1 is 1.42 bits per heavy atom. The molecule has 1 aromatic carbocycles. The number of hydrogen-bond donors (Lipinski definition) is 1. The molecule has 2 unspecified atom stereocenters. The number of likely N-dealkylation sites (tertiary alicyclic amines) is 1. The number of aromatic nitrogens is 2. The Morgan fingerprint density at radius 2 is 2.12 bits per heavy atom. The molecule has 2 N–H and O–H groups in total. The summed E-state index contributed by atoms with van der Waals surface area (Å²) in [4.78, 5) is 14.6. The van der Waals surface area contributed by atoms with E-state index in [-0.39, 0.29) is 30.2 Å². The number of amides is 1. The van der Waals surface area contributed by atoms with E-state index in [1.54, 1.807) is 25.1 Å². The van der Waals surface area contributed by atoms with Crippen LogP contribution in [0.5, 0.6) is 0 Å². The Kier molecular flexibility index (Phi) is 5.62. The molecule has 0 radical (unpaired) electrons. The number of nitrogens with zero attached hydrogens (tertiary/aromatic N) is 3. The quantitative estimate of drug-likeness (QED) is 0.923. The smallest absolute Gasteiger partial charge is 0.257 e. The van der Waals surface area contributed by atoms with Crippen molar-refractivity contribution in [3.05, 3.63) is 47.5 Å². The van der Waals surface area contributed by atoms with Gasteiger partial charge in [0.2, 0.25) is 0 Å². The van der Waals surface area contributed by atoms with Crippen molar-refractivity contribution in [2.24, 2.45) is 11.7 Å². The normalized spacial score (nSPS) is 20.1. The van der Waals surface area contributed by atoms with E-state index >= 15 is 0 Å². The van der Waals surface area contributed by atoms with Crippen molar-refractivity contribution < 1.29 is 9.18 Å². The third-order valence-corrected chi connectivity index (χ3v) is 4.58. The van der Waals surface area contributed by atoms with Crippen molar-refractivity contribution >= 4 is 18.3 Å². The Labute approximate surface area is 147 Å². The van der Waals surface area contributed by atoms with Crippen molar-refractivity contribution in [2.45, 2.75) is 26.3 Å². The number of para-hydroxylation sites is 1. The lowest BCUT2D eigenvalue weighted by Crippen LogP contribution is -2.34. The summed E-state index contributed by atoms with van der Waals surface area (Å²) in [5.74, 6) is -0.0835. The molecule has 5 nitrogen and oxygen atoms in total. The van der Waals surface area contributed by atoms with Crippen LogP contribution in [-0.2, 0) is 0 Å². The summed E-state index contributed by atoms with van der Waals surface area (Å²) in [6, 6.07) is 6.56. The van der Waals surface area contributed by atoms with Crippen LogP contribution in [0.4, 0.5) is 4.39 Å². The molecule has 1 aliphatic rings. The molecule has 130 valence electrons. The topological polar surface area (TPSA) is 64.2 Å². The van der Waals surface area contributed by atoms with Gasteiger partial charge in [-0.25, -0.2) is 9.07 Å². The molecule has 1 saturated heterocycles. The minimum Gasteiger partial charge on any atom is -0.335 e. The summed E-state index contributed by atoms with van der Waals surface area (Å²) in [7, 11) is 0. The summed E-state index contributed by atoms with van der Waals surface area (Å²) in [6.07, 6.45) is 2.44. The van der Waals surface area contributed by atoms with Gasteiger partial charge in [-0.05, 0) is 44.9 Å². The first-order valence-electron chi connectivity index (χ1n) is 7.83. The van der Waals surface area contributed by atoms with E-state index in [1.807, 2.05) is 11.8 Å². The second-order valence-corrected chi connectivity index (χ2v) is 6.15. The fraction of sp³-hybridized carbons (Fsp3) is 0.412. The molecule has 0 bridgehead atoms. The number of carbonyl (C=O) groups excluding carboxylic acids is 1. The molecule has 1 fully saturated rings. The van der Waals surface area contributed by atoms with Gasteiger partial charge < -0.3 is 10.6 Å². The summed E-state index contributed by atoms with van der Waals surface area (Å²) in [5.41, 5.74) is 7.23. The van der Waals surface area contributed by atoms with Crippen molar-refractivity contribution in [2.75, 3.05) is 13.1 Å². The van der Waals surface area contributed by atoms with Crippen LogP contribution in [0.25, 0.3) is 5.69 Å². The van der Waals surface area contributed by atoms with Crippen LogP contribution in [0, 0.1) is 18.7 Å². The molecule has 2 heterocycles. The maximum Gasteiger partial charge on any atom is 0.257 e. The maximum atomic E-state index is 14.0. The van der Waals surface area contributed by atoms with Gasteiger partial charge in [0.1, 0.15) is 11.5 Å². The zero-order valence-corrected chi connectivity index (χ0v) is 14.6. The van der Waals surface area contributed by atoms with Crippen LogP contribution in [0.2, 0.25) is 0 Å². The van der Waals surface area contributed by atoms with E-state index in [0.29, 0.717) is 36.0 Å². The number of nitrogens with two attached hydrogens (primary N) is 1. The summed E-state index contributed by atoms with van der Waals surface area (Å²) < 4.78 is 15.4. The van der Waals surface area contributed by atoms with Crippen LogP contribution in [0.3, 0.4) is 0 Å². The first kappa shape index (κ1) is 18.4. The van der Waals surface area contributed by atoms with Gasteiger partial charge in [-0.1, -0.05) is 12.1 Å². The van der Waals surface area contributed by atoms with E-state index in [1.165, 1.54) is 16.9 Å². The van der Waals surface area contributed by atoms with Gasteiger partial charge in [0.25, 0.3) is 5.91 Å². The highest BCUT2D eigenvalue weighted by Crippen LogP contribution is 2.26. The van der Waals surface area contributed by atoms with Gasteiger partial charge in [0, 0.05) is 12.6 Å². The van der Waals surface area contributed by atoms with Gasteiger partial charge in [0.15, 0.2) is 0 Å². The largest absolute Gasteiger partial charge is 0.335 e. The van der Waals surface area contributed by atoms with Gasteiger partial charge in [0.05, 0.1) is 17.5 Å². The molecule has 2 atom stereocenters. The molecule has 0 saturated carbocycles. The highest BCUT2D eigenvalue weighted by molar-refractivity contribution is 5.95. The lowest BCUT2D eigenvalue weighted by molar-refractivity contribution is 0.0742. The average Bonchev–Trinajstić information content (AvgIpc) is 3.10. The Bertz CT molecular complexity index is 733. The molecular formula is C17H22ClFN4O. The third kappa shape index (κ3) is 3.16. The average molecular weight is 353 g/mol. The third-order valence-electron chi connectivity index (χ3n) is 4.58. The molecule has 1 aliphatic heterocycles. The minimum absolute atomic E-state index is 0. The first-order chi connectivity index (χ1) is 11.0. The van der Waals surface area contributed by atoms with Crippen molar-refractivity contribution in [1.82, 2.24) is 14.7 Å². The van der Waals surface area contributed by atoms with Crippen LogP contribution < -0.4 is 5.73 Å². The van der Waals surface area contributed by atoms with E-state index in [2.05, 4.69) is 5.10 Å². The molecule has 1 amide bonds.